The fourth-order valence-corrected chi connectivity index (χ4v) is 3.56. The summed E-state index contributed by atoms with van der Waals surface area (Å²) < 4.78 is 0. The van der Waals surface area contributed by atoms with Gasteiger partial charge in [-0.25, -0.2) is 0 Å². The van der Waals surface area contributed by atoms with Crippen LogP contribution in [0.5, 0.6) is 0 Å². The largest absolute Gasteiger partial charge is 0.338 e. The number of nitrogens with zero attached hydrogens (tertiary/aromatic N) is 1. The Kier molecular flexibility index (Phi) is 3.56. The van der Waals surface area contributed by atoms with Gasteiger partial charge in [0.15, 0.2) is 0 Å². The average Bonchev–Trinajstić information content (AvgIpc) is 3.00. The fraction of sp³-hybridized carbons (Fsp3) is 0.562. The second-order valence-electron chi connectivity index (χ2n) is 5.90. The highest BCUT2D eigenvalue weighted by Crippen LogP contribution is 2.38. The SMILES string of the molecule is NCCc1ccc(C(=O)N2CC3CCCC3C2)cc1. The molecule has 3 nitrogen and oxygen atoms in total. The Morgan fingerprint density at radius 2 is 1.79 bits per heavy atom. The van der Waals surface area contributed by atoms with E-state index in [1.165, 1.54) is 24.8 Å². The predicted octanol–water partition coefficient (Wildman–Crippen LogP) is 2.06. The van der Waals surface area contributed by atoms with Crippen molar-refractivity contribution in [1.82, 2.24) is 4.90 Å². The molecule has 2 atom stereocenters. The minimum atomic E-state index is 0.202. The molecule has 3 rings (SSSR count). The molecule has 1 aliphatic carbocycles. The van der Waals surface area contributed by atoms with E-state index in [1.54, 1.807) is 0 Å². The Hall–Kier alpha value is -1.35. The molecule has 1 saturated carbocycles. The molecule has 1 heterocycles. The molecule has 2 fully saturated rings. The average molecular weight is 258 g/mol. The van der Waals surface area contributed by atoms with Gasteiger partial charge in [-0.15, -0.1) is 0 Å². The van der Waals surface area contributed by atoms with E-state index in [4.69, 9.17) is 5.73 Å². The maximum Gasteiger partial charge on any atom is 0.253 e. The first-order chi connectivity index (χ1) is 9.28. The number of amides is 1. The van der Waals surface area contributed by atoms with E-state index in [2.05, 4.69) is 0 Å². The second kappa shape index (κ2) is 5.33. The smallest absolute Gasteiger partial charge is 0.253 e. The van der Waals surface area contributed by atoms with Crippen LogP contribution in [-0.2, 0) is 6.42 Å². The molecule has 1 aliphatic heterocycles. The molecule has 2 N–H and O–H groups in total. The molecule has 0 bridgehead atoms. The third kappa shape index (κ3) is 2.52. The highest BCUT2D eigenvalue weighted by atomic mass is 16.2. The summed E-state index contributed by atoms with van der Waals surface area (Å²) in [5, 5.41) is 0. The van der Waals surface area contributed by atoms with Crippen molar-refractivity contribution >= 4 is 5.91 Å². The summed E-state index contributed by atoms with van der Waals surface area (Å²) in [7, 11) is 0. The molecule has 2 aliphatic rings. The van der Waals surface area contributed by atoms with Gasteiger partial charge in [0.1, 0.15) is 0 Å². The van der Waals surface area contributed by atoms with Crippen molar-refractivity contribution in [1.29, 1.82) is 0 Å². The fourth-order valence-electron chi connectivity index (χ4n) is 3.56. The van der Waals surface area contributed by atoms with Gasteiger partial charge in [-0.05, 0) is 55.3 Å². The van der Waals surface area contributed by atoms with Crippen molar-refractivity contribution in [2.75, 3.05) is 19.6 Å². The van der Waals surface area contributed by atoms with Crippen LogP contribution in [0.25, 0.3) is 0 Å². The highest BCUT2D eigenvalue weighted by Gasteiger charge is 2.38. The van der Waals surface area contributed by atoms with E-state index in [9.17, 15) is 4.79 Å². The van der Waals surface area contributed by atoms with Gasteiger partial charge in [0.05, 0.1) is 0 Å². The highest BCUT2D eigenvalue weighted by molar-refractivity contribution is 5.94. The van der Waals surface area contributed by atoms with Crippen LogP contribution in [0.15, 0.2) is 24.3 Å². The summed E-state index contributed by atoms with van der Waals surface area (Å²) >= 11 is 0. The number of rotatable bonds is 3. The molecule has 0 aromatic heterocycles. The van der Waals surface area contributed by atoms with Crippen LogP contribution < -0.4 is 5.73 Å². The standard InChI is InChI=1S/C16H22N2O/c17-9-8-12-4-6-13(7-5-12)16(19)18-10-14-2-1-3-15(14)11-18/h4-7,14-15H,1-3,8-11,17H2. The molecule has 1 saturated heterocycles. The minimum Gasteiger partial charge on any atom is -0.338 e. The second-order valence-corrected chi connectivity index (χ2v) is 5.90. The van der Waals surface area contributed by atoms with E-state index in [1.807, 2.05) is 29.2 Å². The van der Waals surface area contributed by atoms with Crippen LogP contribution in [0.1, 0.15) is 35.2 Å². The first kappa shape index (κ1) is 12.7. The topological polar surface area (TPSA) is 46.3 Å². The quantitative estimate of drug-likeness (QED) is 0.902. The minimum absolute atomic E-state index is 0.202. The van der Waals surface area contributed by atoms with E-state index >= 15 is 0 Å². The van der Waals surface area contributed by atoms with Gasteiger partial charge in [0.25, 0.3) is 5.91 Å². The Labute approximate surface area is 114 Å². The van der Waals surface area contributed by atoms with Crippen LogP contribution in [0, 0.1) is 11.8 Å². The molecule has 1 amide bonds. The van der Waals surface area contributed by atoms with Crippen LogP contribution >= 0.6 is 0 Å². The molecular weight excluding hydrogens is 236 g/mol. The number of carbonyl (C=O) groups is 1. The number of nitrogens with two attached hydrogens (primary N) is 1. The summed E-state index contributed by atoms with van der Waals surface area (Å²) in [6.45, 7) is 2.59. The lowest BCUT2D eigenvalue weighted by Gasteiger charge is -2.17. The van der Waals surface area contributed by atoms with Crippen molar-refractivity contribution in [3.63, 3.8) is 0 Å². The molecule has 19 heavy (non-hydrogen) atoms. The molecule has 2 unspecified atom stereocenters. The van der Waals surface area contributed by atoms with Crippen molar-refractivity contribution in [2.45, 2.75) is 25.7 Å². The van der Waals surface area contributed by atoms with E-state index < -0.39 is 0 Å². The number of likely N-dealkylation sites (tertiary alicyclic amines) is 1. The van der Waals surface area contributed by atoms with Gasteiger partial charge < -0.3 is 10.6 Å². The van der Waals surface area contributed by atoms with Crippen LogP contribution in [0.3, 0.4) is 0 Å². The van der Waals surface area contributed by atoms with Gasteiger partial charge in [-0.1, -0.05) is 18.6 Å². The van der Waals surface area contributed by atoms with E-state index in [0.717, 1.165) is 36.9 Å². The van der Waals surface area contributed by atoms with Gasteiger partial charge in [-0.3, -0.25) is 4.79 Å². The molecule has 0 radical (unpaired) electrons. The Morgan fingerprint density at radius 3 is 2.37 bits per heavy atom. The van der Waals surface area contributed by atoms with Gasteiger partial charge in [0.2, 0.25) is 0 Å². The lowest BCUT2D eigenvalue weighted by molar-refractivity contribution is 0.0780. The van der Waals surface area contributed by atoms with Crippen molar-refractivity contribution in [2.24, 2.45) is 17.6 Å². The molecule has 102 valence electrons. The first-order valence-corrected chi connectivity index (χ1v) is 7.36. The van der Waals surface area contributed by atoms with E-state index in [0.29, 0.717) is 6.54 Å². The molecule has 0 spiro atoms. The summed E-state index contributed by atoms with van der Waals surface area (Å²) in [5.41, 5.74) is 7.56. The summed E-state index contributed by atoms with van der Waals surface area (Å²) in [5.74, 6) is 1.73. The Bertz CT molecular complexity index is 442. The summed E-state index contributed by atoms with van der Waals surface area (Å²) in [6, 6.07) is 7.94. The van der Waals surface area contributed by atoms with Gasteiger partial charge in [0, 0.05) is 18.7 Å². The first-order valence-electron chi connectivity index (χ1n) is 7.36. The maximum atomic E-state index is 12.4. The number of hydrogen-bond donors (Lipinski definition) is 1. The van der Waals surface area contributed by atoms with E-state index in [-0.39, 0.29) is 5.91 Å². The number of fused-ring (bicyclic) bond motifs is 1. The van der Waals surface area contributed by atoms with Crippen LogP contribution in [-0.4, -0.2) is 30.4 Å². The molecule has 3 heteroatoms. The lowest BCUT2D eigenvalue weighted by atomic mass is 10.0. The molecule has 1 aromatic rings. The number of hydrogen-bond acceptors (Lipinski definition) is 2. The summed E-state index contributed by atoms with van der Waals surface area (Å²) in [4.78, 5) is 14.5. The maximum absolute atomic E-state index is 12.4. The summed E-state index contributed by atoms with van der Waals surface area (Å²) in [6.07, 6.45) is 4.85. The third-order valence-electron chi connectivity index (χ3n) is 4.65. The normalized spacial score (nSPS) is 25.6. The van der Waals surface area contributed by atoms with Crippen molar-refractivity contribution in [3.8, 4) is 0 Å². The lowest BCUT2D eigenvalue weighted by Crippen LogP contribution is -2.29. The molecular formula is C16H22N2O. The van der Waals surface area contributed by atoms with Crippen molar-refractivity contribution < 1.29 is 4.79 Å². The Morgan fingerprint density at radius 1 is 1.16 bits per heavy atom. The van der Waals surface area contributed by atoms with Crippen molar-refractivity contribution in [3.05, 3.63) is 35.4 Å². The Balaban J connectivity index is 1.67. The van der Waals surface area contributed by atoms with Crippen LogP contribution in [0.4, 0.5) is 0 Å². The zero-order valence-electron chi connectivity index (χ0n) is 11.3. The predicted molar refractivity (Wildman–Crippen MR) is 75.9 cm³/mol. The zero-order valence-corrected chi connectivity index (χ0v) is 11.3. The number of benzene rings is 1. The van der Waals surface area contributed by atoms with Gasteiger partial charge >= 0.3 is 0 Å². The monoisotopic (exact) mass is 258 g/mol. The van der Waals surface area contributed by atoms with Gasteiger partial charge in [-0.2, -0.15) is 0 Å². The van der Waals surface area contributed by atoms with Crippen LogP contribution in [0.2, 0.25) is 0 Å². The number of carbonyl (C=O) groups excluding carboxylic acids is 1. The zero-order chi connectivity index (χ0) is 13.2. The molecule has 1 aromatic carbocycles. The third-order valence-corrected chi connectivity index (χ3v) is 4.65.